The van der Waals surface area contributed by atoms with Crippen molar-refractivity contribution in [2.45, 2.75) is 65.2 Å². The van der Waals surface area contributed by atoms with Crippen LogP contribution in [0.15, 0.2) is 35.3 Å². The Bertz CT molecular complexity index is 390. The van der Waals surface area contributed by atoms with Crippen molar-refractivity contribution in [1.29, 1.82) is 0 Å². The first-order chi connectivity index (χ1) is 10.9. The van der Waals surface area contributed by atoms with E-state index in [1.807, 2.05) is 37.3 Å². The maximum atomic E-state index is 5.66. The lowest BCUT2D eigenvalue weighted by Crippen LogP contribution is -2.10. The van der Waals surface area contributed by atoms with Crippen LogP contribution < -0.4 is 0 Å². The average Bonchev–Trinajstić information content (AvgIpc) is 2.54. The van der Waals surface area contributed by atoms with E-state index in [2.05, 4.69) is 11.9 Å². The Kier molecular flexibility index (Phi) is 11.1. The smallest absolute Gasteiger partial charge is 0.388 e. The van der Waals surface area contributed by atoms with Gasteiger partial charge >= 0.3 is 6.08 Å². The molecule has 0 spiro atoms. The number of hydrogen-bond donors (Lipinski definition) is 0. The third-order valence-corrected chi connectivity index (χ3v) is 3.47. The topological polar surface area (TPSA) is 30.8 Å². The minimum atomic E-state index is 0.386. The Morgan fingerprint density at radius 2 is 1.45 bits per heavy atom. The van der Waals surface area contributed by atoms with Gasteiger partial charge in [0.15, 0.2) is 0 Å². The van der Waals surface area contributed by atoms with E-state index < -0.39 is 0 Å². The summed E-state index contributed by atoms with van der Waals surface area (Å²) in [7, 11) is 0. The molecule has 1 rings (SSSR count). The summed E-state index contributed by atoms with van der Waals surface area (Å²) >= 11 is 0. The van der Waals surface area contributed by atoms with E-state index in [9.17, 15) is 0 Å². The Morgan fingerprint density at radius 1 is 0.818 bits per heavy atom. The number of ether oxygens (including phenoxy) is 2. The summed E-state index contributed by atoms with van der Waals surface area (Å²) < 4.78 is 11.1. The van der Waals surface area contributed by atoms with Crippen LogP contribution in [0.1, 0.15) is 65.2 Å². The van der Waals surface area contributed by atoms with Gasteiger partial charge in [0.2, 0.25) is 0 Å². The quantitative estimate of drug-likeness (QED) is 0.291. The first-order valence-corrected chi connectivity index (χ1v) is 8.76. The van der Waals surface area contributed by atoms with Gasteiger partial charge in [0, 0.05) is 0 Å². The molecule has 0 heterocycles. The van der Waals surface area contributed by atoms with Gasteiger partial charge in [-0.15, -0.1) is 0 Å². The molecule has 1 aromatic rings. The van der Waals surface area contributed by atoms with Crippen molar-refractivity contribution in [2.24, 2.45) is 4.99 Å². The molecular weight excluding hydrogens is 274 g/mol. The Balaban J connectivity index is 2.16. The van der Waals surface area contributed by atoms with Crippen LogP contribution in [0.5, 0.6) is 0 Å². The van der Waals surface area contributed by atoms with E-state index in [1.54, 1.807) is 0 Å². The number of hydrogen-bond acceptors (Lipinski definition) is 3. The zero-order valence-electron chi connectivity index (χ0n) is 14.2. The molecule has 3 heteroatoms. The SMILES string of the molecule is CCCCCCCCCCOC(=Nc1ccccc1)OCC. The second-order valence-electron chi connectivity index (χ2n) is 5.47. The lowest BCUT2D eigenvalue weighted by molar-refractivity contribution is 0.170. The van der Waals surface area contributed by atoms with Crippen LogP contribution in [0.2, 0.25) is 0 Å². The molecule has 0 radical (unpaired) electrons. The van der Waals surface area contributed by atoms with E-state index in [4.69, 9.17) is 9.47 Å². The van der Waals surface area contributed by atoms with Gasteiger partial charge < -0.3 is 9.47 Å². The second-order valence-corrected chi connectivity index (χ2v) is 5.47. The summed E-state index contributed by atoms with van der Waals surface area (Å²) in [6.45, 7) is 5.45. The molecule has 0 atom stereocenters. The minimum absolute atomic E-state index is 0.386. The highest BCUT2D eigenvalue weighted by Gasteiger charge is 2.02. The van der Waals surface area contributed by atoms with Crippen molar-refractivity contribution in [3.05, 3.63) is 30.3 Å². The summed E-state index contributed by atoms with van der Waals surface area (Å²) in [4.78, 5) is 4.39. The maximum absolute atomic E-state index is 5.66. The third-order valence-electron chi connectivity index (χ3n) is 3.47. The van der Waals surface area contributed by atoms with Gasteiger partial charge in [0.05, 0.1) is 18.9 Å². The summed E-state index contributed by atoms with van der Waals surface area (Å²) in [5.41, 5.74) is 0.863. The van der Waals surface area contributed by atoms with E-state index >= 15 is 0 Å². The highest BCUT2D eigenvalue weighted by atomic mass is 16.7. The van der Waals surface area contributed by atoms with Crippen molar-refractivity contribution in [3.8, 4) is 0 Å². The molecule has 0 saturated heterocycles. The summed E-state index contributed by atoms with van der Waals surface area (Å²) in [5.74, 6) is 0. The Morgan fingerprint density at radius 3 is 2.09 bits per heavy atom. The van der Waals surface area contributed by atoms with Crippen molar-refractivity contribution in [2.75, 3.05) is 13.2 Å². The normalized spacial score (nSPS) is 11.5. The number of nitrogens with zero attached hydrogens (tertiary/aromatic N) is 1. The lowest BCUT2D eigenvalue weighted by Gasteiger charge is -2.09. The molecule has 1 aromatic carbocycles. The van der Waals surface area contributed by atoms with Crippen LogP contribution >= 0.6 is 0 Å². The van der Waals surface area contributed by atoms with Crippen molar-refractivity contribution >= 4 is 11.8 Å². The Hall–Kier alpha value is -1.51. The van der Waals surface area contributed by atoms with E-state index in [1.165, 1.54) is 44.9 Å². The minimum Gasteiger partial charge on any atom is -0.451 e. The van der Waals surface area contributed by atoms with Crippen LogP contribution in [0.3, 0.4) is 0 Å². The first-order valence-electron chi connectivity index (χ1n) is 8.76. The van der Waals surface area contributed by atoms with Crippen LogP contribution in [-0.2, 0) is 9.47 Å². The summed E-state index contributed by atoms with van der Waals surface area (Å²) in [5, 5.41) is 0. The van der Waals surface area contributed by atoms with Crippen LogP contribution in [-0.4, -0.2) is 19.3 Å². The van der Waals surface area contributed by atoms with Gasteiger partial charge in [0.25, 0.3) is 0 Å². The zero-order valence-corrected chi connectivity index (χ0v) is 14.2. The molecule has 124 valence electrons. The van der Waals surface area contributed by atoms with Crippen molar-refractivity contribution in [3.63, 3.8) is 0 Å². The number of unbranched alkanes of at least 4 members (excludes halogenated alkanes) is 7. The Labute approximate surface area is 135 Å². The van der Waals surface area contributed by atoms with Crippen LogP contribution in [0.25, 0.3) is 0 Å². The molecule has 0 fully saturated rings. The molecule has 0 bridgehead atoms. The molecule has 0 aliphatic heterocycles. The van der Waals surface area contributed by atoms with E-state index in [-0.39, 0.29) is 0 Å². The summed E-state index contributed by atoms with van der Waals surface area (Å²) in [6.07, 6.45) is 10.7. The largest absolute Gasteiger partial charge is 0.451 e. The molecule has 3 nitrogen and oxygen atoms in total. The maximum Gasteiger partial charge on any atom is 0.388 e. The molecule has 0 aliphatic carbocycles. The monoisotopic (exact) mass is 305 g/mol. The average molecular weight is 305 g/mol. The van der Waals surface area contributed by atoms with E-state index in [0.29, 0.717) is 19.3 Å². The lowest BCUT2D eigenvalue weighted by atomic mass is 10.1. The molecule has 0 unspecified atom stereocenters. The van der Waals surface area contributed by atoms with Gasteiger partial charge in [-0.3, -0.25) is 0 Å². The fourth-order valence-corrected chi connectivity index (χ4v) is 2.23. The van der Waals surface area contributed by atoms with Crippen LogP contribution in [0, 0.1) is 0 Å². The summed E-state index contributed by atoms with van der Waals surface area (Å²) in [6, 6.07) is 9.78. The predicted octanol–water partition coefficient (Wildman–Crippen LogP) is 5.87. The van der Waals surface area contributed by atoms with Crippen LogP contribution in [0.4, 0.5) is 5.69 Å². The van der Waals surface area contributed by atoms with Gasteiger partial charge in [0.1, 0.15) is 0 Å². The number of rotatable bonds is 11. The van der Waals surface area contributed by atoms with Gasteiger partial charge in [-0.1, -0.05) is 70.1 Å². The van der Waals surface area contributed by atoms with Gasteiger partial charge in [-0.05, 0) is 25.5 Å². The van der Waals surface area contributed by atoms with E-state index in [0.717, 1.165) is 12.1 Å². The number of benzene rings is 1. The second kappa shape index (κ2) is 13.2. The number of para-hydroxylation sites is 1. The highest BCUT2D eigenvalue weighted by Crippen LogP contribution is 2.12. The predicted molar refractivity (Wildman–Crippen MR) is 93.7 cm³/mol. The highest BCUT2D eigenvalue weighted by molar-refractivity contribution is 5.71. The molecule has 0 amide bonds. The number of aliphatic imine (C=N–C) groups is 1. The molecule has 0 aliphatic rings. The molecule has 0 N–H and O–H groups in total. The van der Waals surface area contributed by atoms with Crippen molar-refractivity contribution < 1.29 is 9.47 Å². The zero-order chi connectivity index (χ0) is 15.9. The first kappa shape index (κ1) is 18.5. The fraction of sp³-hybridized carbons (Fsp3) is 0.632. The third kappa shape index (κ3) is 9.43. The van der Waals surface area contributed by atoms with Crippen molar-refractivity contribution in [1.82, 2.24) is 0 Å². The molecular formula is C19H31NO2. The fourth-order valence-electron chi connectivity index (χ4n) is 2.23. The molecule has 0 saturated carbocycles. The molecule has 22 heavy (non-hydrogen) atoms. The van der Waals surface area contributed by atoms with Gasteiger partial charge in [-0.2, -0.15) is 4.99 Å². The standard InChI is InChI=1S/C19H31NO2/c1-3-5-6-7-8-9-10-14-17-22-19(21-4-2)20-18-15-12-11-13-16-18/h11-13,15-16H,3-10,14,17H2,1-2H3. The molecule has 0 aromatic heterocycles. The van der Waals surface area contributed by atoms with Gasteiger partial charge in [-0.25, -0.2) is 0 Å².